The highest BCUT2D eigenvalue weighted by Crippen LogP contribution is 2.17. The van der Waals surface area contributed by atoms with E-state index in [9.17, 15) is 4.79 Å². The van der Waals surface area contributed by atoms with Crippen LogP contribution in [0.5, 0.6) is 0 Å². The standard InChI is InChI=1S/C16H31NO/c1-3-5-6-7-8-9-10-12-17-13-11-16(18)15(4-2)14-17/h15H,3-14H2,1-2H3. The van der Waals surface area contributed by atoms with Crippen LogP contribution in [0.4, 0.5) is 0 Å². The molecule has 1 saturated heterocycles. The average Bonchev–Trinajstić information content (AvgIpc) is 2.39. The molecule has 0 bridgehead atoms. The van der Waals surface area contributed by atoms with Gasteiger partial charge in [-0.2, -0.15) is 0 Å². The molecule has 106 valence electrons. The summed E-state index contributed by atoms with van der Waals surface area (Å²) in [4.78, 5) is 14.1. The fourth-order valence-electron chi connectivity index (χ4n) is 2.83. The first-order valence-electron chi connectivity index (χ1n) is 8.03. The summed E-state index contributed by atoms with van der Waals surface area (Å²) in [6.07, 6.45) is 11.4. The lowest BCUT2D eigenvalue weighted by Crippen LogP contribution is -2.40. The maximum absolute atomic E-state index is 11.6. The first-order valence-corrected chi connectivity index (χ1v) is 8.03. The maximum atomic E-state index is 11.6. The molecule has 1 heterocycles. The summed E-state index contributed by atoms with van der Waals surface area (Å²) in [7, 11) is 0. The summed E-state index contributed by atoms with van der Waals surface area (Å²) in [5.74, 6) is 0.816. The smallest absolute Gasteiger partial charge is 0.138 e. The van der Waals surface area contributed by atoms with Crippen LogP contribution in [0.15, 0.2) is 0 Å². The molecule has 18 heavy (non-hydrogen) atoms. The minimum absolute atomic E-state index is 0.323. The molecule has 0 aromatic rings. The number of carbonyl (C=O) groups is 1. The fraction of sp³-hybridized carbons (Fsp3) is 0.938. The number of ketones is 1. The van der Waals surface area contributed by atoms with Gasteiger partial charge in [-0.05, 0) is 19.4 Å². The molecule has 0 radical (unpaired) electrons. The third-order valence-corrected chi connectivity index (χ3v) is 4.18. The Labute approximate surface area is 113 Å². The molecule has 1 aliphatic heterocycles. The van der Waals surface area contributed by atoms with Crippen LogP contribution in [-0.2, 0) is 4.79 Å². The van der Waals surface area contributed by atoms with Gasteiger partial charge in [0.1, 0.15) is 5.78 Å². The Morgan fingerprint density at radius 3 is 2.39 bits per heavy atom. The average molecular weight is 253 g/mol. The largest absolute Gasteiger partial charge is 0.302 e. The lowest BCUT2D eigenvalue weighted by Gasteiger charge is -2.31. The van der Waals surface area contributed by atoms with E-state index in [4.69, 9.17) is 0 Å². The van der Waals surface area contributed by atoms with Crippen LogP contribution in [0.1, 0.15) is 71.6 Å². The molecule has 2 heteroatoms. The number of rotatable bonds is 9. The monoisotopic (exact) mass is 253 g/mol. The summed E-state index contributed by atoms with van der Waals surface area (Å²) in [5.41, 5.74) is 0. The van der Waals surface area contributed by atoms with Crippen LogP contribution in [0.2, 0.25) is 0 Å². The van der Waals surface area contributed by atoms with Gasteiger partial charge in [0.25, 0.3) is 0 Å². The second-order valence-electron chi connectivity index (χ2n) is 5.74. The van der Waals surface area contributed by atoms with Gasteiger partial charge >= 0.3 is 0 Å². The third-order valence-electron chi connectivity index (χ3n) is 4.18. The van der Waals surface area contributed by atoms with Crippen LogP contribution in [0.25, 0.3) is 0 Å². The highest BCUT2D eigenvalue weighted by Gasteiger charge is 2.24. The van der Waals surface area contributed by atoms with Gasteiger partial charge < -0.3 is 4.90 Å². The molecule has 1 atom stereocenters. The van der Waals surface area contributed by atoms with Crippen LogP contribution in [-0.4, -0.2) is 30.3 Å². The van der Waals surface area contributed by atoms with Gasteiger partial charge in [0.05, 0.1) is 0 Å². The Morgan fingerprint density at radius 2 is 1.72 bits per heavy atom. The zero-order chi connectivity index (χ0) is 13.2. The number of hydrogen-bond donors (Lipinski definition) is 0. The minimum atomic E-state index is 0.323. The van der Waals surface area contributed by atoms with Crippen molar-refractivity contribution in [2.45, 2.75) is 71.6 Å². The summed E-state index contributed by atoms with van der Waals surface area (Å²) in [5, 5.41) is 0. The van der Waals surface area contributed by atoms with Gasteiger partial charge in [-0.25, -0.2) is 0 Å². The zero-order valence-corrected chi connectivity index (χ0v) is 12.4. The molecule has 0 aromatic heterocycles. The van der Waals surface area contributed by atoms with Crippen molar-refractivity contribution < 1.29 is 4.79 Å². The first-order chi connectivity index (χ1) is 8.77. The van der Waals surface area contributed by atoms with E-state index in [1.165, 1.54) is 51.5 Å². The molecule has 0 N–H and O–H groups in total. The zero-order valence-electron chi connectivity index (χ0n) is 12.4. The van der Waals surface area contributed by atoms with Gasteiger partial charge in [0.2, 0.25) is 0 Å². The normalized spacial score (nSPS) is 21.4. The van der Waals surface area contributed by atoms with Crippen LogP contribution >= 0.6 is 0 Å². The summed E-state index contributed by atoms with van der Waals surface area (Å²) >= 11 is 0. The van der Waals surface area contributed by atoms with Gasteiger partial charge in [-0.1, -0.05) is 52.4 Å². The van der Waals surface area contributed by atoms with E-state index in [0.717, 1.165) is 25.9 Å². The van der Waals surface area contributed by atoms with E-state index in [0.29, 0.717) is 11.7 Å². The third kappa shape index (κ3) is 5.99. The molecule has 0 spiro atoms. The van der Waals surface area contributed by atoms with Crippen molar-refractivity contribution in [1.29, 1.82) is 0 Å². The molecule has 2 nitrogen and oxygen atoms in total. The van der Waals surface area contributed by atoms with E-state index >= 15 is 0 Å². The Balaban J connectivity index is 2.00. The quantitative estimate of drug-likeness (QED) is 0.578. The van der Waals surface area contributed by atoms with E-state index in [2.05, 4.69) is 18.7 Å². The van der Waals surface area contributed by atoms with Crippen molar-refractivity contribution in [3.05, 3.63) is 0 Å². The Kier molecular flexibility index (Phi) is 8.32. The van der Waals surface area contributed by atoms with Gasteiger partial charge in [0, 0.05) is 25.4 Å². The van der Waals surface area contributed by atoms with Crippen molar-refractivity contribution >= 4 is 5.78 Å². The maximum Gasteiger partial charge on any atom is 0.138 e. The minimum Gasteiger partial charge on any atom is -0.302 e. The molecule has 0 aromatic carbocycles. The first kappa shape index (κ1) is 15.7. The van der Waals surface area contributed by atoms with Crippen molar-refractivity contribution in [1.82, 2.24) is 4.90 Å². The molecule has 1 unspecified atom stereocenters. The lowest BCUT2D eigenvalue weighted by atomic mass is 9.94. The van der Waals surface area contributed by atoms with Gasteiger partial charge in [-0.15, -0.1) is 0 Å². The number of piperidine rings is 1. The van der Waals surface area contributed by atoms with Crippen LogP contribution in [0.3, 0.4) is 0 Å². The molecule has 0 amide bonds. The number of likely N-dealkylation sites (tertiary alicyclic amines) is 1. The lowest BCUT2D eigenvalue weighted by molar-refractivity contribution is -0.126. The van der Waals surface area contributed by atoms with Crippen molar-refractivity contribution in [3.63, 3.8) is 0 Å². The van der Waals surface area contributed by atoms with Crippen molar-refractivity contribution in [3.8, 4) is 0 Å². The second-order valence-corrected chi connectivity index (χ2v) is 5.74. The Hall–Kier alpha value is -0.370. The van der Waals surface area contributed by atoms with E-state index in [1.807, 2.05) is 0 Å². The molecule has 1 rings (SSSR count). The highest BCUT2D eigenvalue weighted by atomic mass is 16.1. The SMILES string of the molecule is CCCCCCCCCN1CCC(=O)C(CC)C1. The van der Waals surface area contributed by atoms with Gasteiger partial charge in [0.15, 0.2) is 0 Å². The Morgan fingerprint density at radius 1 is 1.06 bits per heavy atom. The van der Waals surface area contributed by atoms with Crippen molar-refractivity contribution in [2.24, 2.45) is 5.92 Å². The predicted molar refractivity (Wildman–Crippen MR) is 77.8 cm³/mol. The van der Waals surface area contributed by atoms with Gasteiger partial charge in [-0.3, -0.25) is 4.79 Å². The predicted octanol–water partition coefficient (Wildman–Crippen LogP) is 4.04. The number of nitrogens with zero attached hydrogens (tertiary/aromatic N) is 1. The topological polar surface area (TPSA) is 20.3 Å². The number of hydrogen-bond acceptors (Lipinski definition) is 2. The van der Waals surface area contributed by atoms with E-state index < -0.39 is 0 Å². The Bertz CT molecular complexity index is 227. The molecule has 0 aliphatic carbocycles. The number of Topliss-reactive ketones (excluding diaryl/α,β-unsaturated/α-hetero) is 1. The highest BCUT2D eigenvalue weighted by molar-refractivity contribution is 5.82. The summed E-state index contributed by atoms with van der Waals surface area (Å²) in [6.45, 7) is 7.63. The van der Waals surface area contributed by atoms with E-state index in [-0.39, 0.29) is 0 Å². The molecule has 1 fully saturated rings. The molecular formula is C16H31NO. The number of carbonyl (C=O) groups excluding carboxylic acids is 1. The molecular weight excluding hydrogens is 222 g/mol. The molecule has 0 saturated carbocycles. The van der Waals surface area contributed by atoms with Crippen LogP contribution in [0, 0.1) is 5.92 Å². The van der Waals surface area contributed by atoms with Crippen molar-refractivity contribution in [2.75, 3.05) is 19.6 Å². The number of unbranched alkanes of at least 4 members (excludes halogenated alkanes) is 6. The fourth-order valence-corrected chi connectivity index (χ4v) is 2.83. The summed E-state index contributed by atoms with van der Waals surface area (Å²) in [6, 6.07) is 0. The summed E-state index contributed by atoms with van der Waals surface area (Å²) < 4.78 is 0. The van der Waals surface area contributed by atoms with E-state index in [1.54, 1.807) is 0 Å². The molecule has 1 aliphatic rings. The second kappa shape index (κ2) is 9.55. The van der Waals surface area contributed by atoms with Crippen LogP contribution < -0.4 is 0 Å².